The first-order valence-electron chi connectivity index (χ1n) is 7.38. The van der Waals surface area contributed by atoms with Gasteiger partial charge >= 0.3 is 0 Å². The fourth-order valence-corrected chi connectivity index (χ4v) is 3.65. The minimum atomic E-state index is -0.227. The molecule has 1 fully saturated rings. The van der Waals surface area contributed by atoms with Gasteiger partial charge in [0.1, 0.15) is 0 Å². The number of aryl methyl sites for hydroxylation is 1. The zero-order chi connectivity index (χ0) is 17.3. The quantitative estimate of drug-likeness (QED) is 0.493. The minimum Gasteiger partial charge on any atom is -0.504 e. The molecule has 122 valence electrons. The molecule has 1 amide bonds. The molecule has 1 aliphatic heterocycles. The van der Waals surface area contributed by atoms with Crippen molar-refractivity contribution in [2.45, 2.75) is 13.3 Å². The van der Waals surface area contributed by atoms with E-state index in [0.717, 1.165) is 12.1 Å². The Balaban J connectivity index is 1.90. The highest BCUT2D eigenvalue weighted by Gasteiger charge is 2.33. The molecule has 0 bridgehead atoms. The summed E-state index contributed by atoms with van der Waals surface area (Å²) in [5, 5.41) is 18.9. The van der Waals surface area contributed by atoms with E-state index < -0.39 is 0 Å². The molecule has 3 rings (SSSR count). The van der Waals surface area contributed by atoms with Crippen molar-refractivity contribution in [3.63, 3.8) is 0 Å². The van der Waals surface area contributed by atoms with Gasteiger partial charge in [-0.05, 0) is 47.9 Å². The second-order valence-corrected chi connectivity index (χ2v) is 6.96. The van der Waals surface area contributed by atoms with Crippen LogP contribution in [-0.4, -0.2) is 20.4 Å². The van der Waals surface area contributed by atoms with E-state index in [4.69, 9.17) is 12.2 Å². The Bertz CT molecular complexity index is 844. The number of carbonyl (C=O) groups excluding carboxylic acids is 1. The Morgan fingerprint density at radius 1 is 1.12 bits per heavy atom. The van der Waals surface area contributed by atoms with E-state index in [0.29, 0.717) is 14.8 Å². The summed E-state index contributed by atoms with van der Waals surface area (Å²) in [7, 11) is 0. The summed E-state index contributed by atoms with van der Waals surface area (Å²) in [6, 6.07) is 12.1. The summed E-state index contributed by atoms with van der Waals surface area (Å²) in [5.74, 6) is -0.619. The first-order chi connectivity index (χ1) is 11.5. The fourth-order valence-electron chi connectivity index (χ4n) is 2.35. The van der Waals surface area contributed by atoms with Crippen molar-refractivity contribution in [2.75, 3.05) is 4.90 Å². The number of amides is 1. The summed E-state index contributed by atoms with van der Waals surface area (Å²) in [4.78, 5) is 14.6. The number of rotatable bonds is 3. The fraction of sp³-hybridized carbons (Fsp3) is 0.111. The van der Waals surface area contributed by atoms with Crippen LogP contribution in [-0.2, 0) is 11.2 Å². The number of thioether (sulfide) groups is 1. The molecule has 24 heavy (non-hydrogen) atoms. The maximum absolute atomic E-state index is 12.7. The van der Waals surface area contributed by atoms with E-state index in [2.05, 4.69) is 6.92 Å². The molecule has 6 heteroatoms. The molecule has 0 aliphatic carbocycles. The molecule has 2 aromatic carbocycles. The molecule has 0 aromatic heterocycles. The Hall–Kier alpha value is -2.31. The topological polar surface area (TPSA) is 60.8 Å². The van der Waals surface area contributed by atoms with Gasteiger partial charge in [0.2, 0.25) is 0 Å². The van der Waals surface area contributed by atoms with Crippen molar-refractivity contribution in [3.8, 4) is 11.5 Å². The molecule has 4 nitrogen and oxygen atoms in total. The van der Waals surface area contributed by atoms with Crippen LogP contribution < -0.4 is 4.90 Å². The van der Waals surface area contributed by atoms with Crippen molar-refractivity contribution in [3.05, 3.63) is 58.5 Å². The number of benzene rings is 2. The molecule has 0 atom stereocenters. The van der Waals surface area contributed by atoms with E-state index in [-0.39, 0.29) is 17.4 Å². The van der Waals surface area contributed by atoms with Gasteiger partial charge in [0.25, 0.3) is 5.91 Å². The van der Waals surface area contributed by atoms with Crippen LogP contribution >= 0.6 is 24.0 Å². The molecule has 0 saturated carbocycles. The van der Waals surface area contributed by atoms with Gasteiger partial charge in [-0.1, -0.05) is 49.1 Å². The zero-order valence-corrected chi connectivity index (χ0v) is 14.5. The highest BCUT2D eigenvalue weighted by atomic mass is 32.2. The average molecular weight is 357 g/mol. The molecule has 0 unspecified atom stereocenters. The maximum atomic E-state index is 12.7. The lowest BCUT2D eigenvalue weighted by Gasteiger charge is -2.14. The predicted octanol–water partition coefficient (Wildman–Crippen LogP) is 4.07. The van der Waals surface area contributed by atoms with Crippen molar-refractivity contribution >= 4 is 46.0 Å². The molecule has 1 aliphatic rings. The lowest BCUT2D eigenvalue weighted by molar-refractivity contribution is -0.113. The van der Waals surface area contributed by atoms with Gasteiger partial charge in [-0.2, -0.15) is 0 Å². The van der Waals surface area contributed by atoms with Crippen LogP contribution in [0.25, 0.3) is 6.08 Å². The van der Waals surface area contributed by atoms with Crippen LogP contribution in [0.2, 0.25) is 0 Å². The summed E-state index contributed by atoms with van der Waals surface area (Å²) >= 11 is 6.55. The third-order valence-corrected chi connectivity index (χ3v) is 5.00. The maximum Gasteiger partial charge on any atom is 0.270 e. The Kier molecular flexibility index (Phi) is 4.59. The largest absolute Gasteiger partial charge is 0.504 e. The summed E-state index contributed by atoms with van der Waals surface area (Å²) in [5.41, 5.74) is 2.55. The van der Waals surface area contributed by atoms with Crippen LogP contribution in [0.4, 0.5) is 5.69 Å². The van der Waals surface area contributed by atoms with Gasteiger partial charge in [-0.25, -0.2) is 0 Å². The van der Waals surface area contributed by atoms with Crippen LogP contribution in [0.5, 0.6) is 11.5 Å². The van der Waals surface area contributed by atoms with Gasteiger partial charge in [0.15, 0.2) is 15.8 Å². The summed E-state index contributed by atoms with van der Waals surface area (Å²) in [6.07, 6.45) is 2.59. The minimum absolute atomic E-state index is 0.193. The van der Waals surface area contributed by atoms with Crippen molar-refractivity contribution in [1.29, 1.82) is 0 Å². The molecular weight excluding hydrogens is 342 g/mol. The lowest BCUT2D eigenvalue weighted by atomic mass is 10.1. The lowest BCUT2D eigenvalue weighted by Crippen LogP contribution is -2.27. The third-order valence-electron chi connectivity index (χ3n) is 3.69. The summed E-state index contributed by atoms with van der Waals surface area (Å²) < 4.78 is 0.471. The highest BCUT2D eigenvalue weighted by molar-refractivity contribution is 8.27. The second-order valence-electron chi connectivity index (χ2n) is 5.29. The van der Waals surface area contributed by atoms with Crippen molar-refractivity contribution < 1.29 is 15.0 Å². The first-order valence-corrected chi connectivity index (χ1v) is 8.61. The molecular formula is C18H15NO3S2. The Labute approximate surface area is 149 Å². The smallest absolute Gasteiger partial charge is 0.270 e. The van der Waals surface area contributed by atoms with Gasteiger partial charge < -0.3 is 10.2 Å². The monoisotopic (exact) mass is 357 g/mol. The van der Waals surface area contributed by atoms with Crippen LogP contribution in [0.1, 0.15) is 18.1 Å². The molecule has 1 heterocycles. The number of carbonyl (C=O) groups is 1. The first kappa shape index (κ1) is 16.5. The summed E-state index contributed by atoms with van der Waals surface area (Å²) in [6.45, 7) is 2.07. The SMILES string of the molecule is CCc1ccc(N2C(=O)/C(=C/c3ccc(O)c(O)c3)SC2=S)cc1. The Morgan fingerprint density at radius 2 is 1.83 bits per heavy atom. The standard InChI is InChI=1S/C18H15NO3S2/c1-2-11-3-6-13(7-4-11)19-17(22)16(24-18(19)23)10-12-5-8-14(20)15(21)9-12/h3-10,20-21H,2H2,1H3/b16-10-. The number of hydrogen-bond donors (Lipinski definition) is 2. The van der Waals surface area contributed by atoms with Gasteiger partial charge in [-0.15, -0.1) is 0 Å². The normalized spacial score (nSPS) is 16.2. The van der Waals surface area contributed by atoms with E-state index in [1.54, 1.807) is 12.1 Å². The Morgan fingerprint density at radius 3 is 2.46 bits per heavy atom. The van der Waals surface area contributed by atoms with E-state index >= 15 is 0 Å². The van der Waals surface area contributed by atoms with Crippen LogP contribution in [0, 0.1) is 0 Å². The van der Waals surface area contributed by atoms with E-state index in [1.807, 2.05) is 24.3 Å². The van der Waals surface area contributed by atoms with Gasteiger partial charge in [-0.3, -0.25) is 9.69 Å². The number of phenolic OH excluding ortho intramolecular Hbond substituents is 2. The van der Waals surface area contributed by atoms with Crippen molar-refractivity contribution in [2.24, 2.45) is 0 Å². The number of nitrogens with zero attached hydrogens (tertiary/aromatic N) is 1. The second kappa shape index (κ2) is 6.67. The highest BCUT2D eigenvalue weighted by Crippen LogP contribution is 2.36. The number of aromatic hydroxyl groups is 2. The van der Waals surface area contributed by atoms with Crippen LogP contribution in [0.3, 0.4) is 0 Å². The third kappa shape index (κ3) is 3.16. The predicted molar refractivity (Wildman–Crippen MR) is 101 cm³/mol. The number of thiocarbonyl (C=S) groups is 1. The molecule has 1 saturated heterocycles. The number of hydrogen-bond acceptors (Lipinski definition) is 5. The van der Waals surface area contributed by atoms with Crippen molar-refractivity contribution in [1.82, 2.24) is 0 Å². The molecule has 0 radical (unpaired) electrons. The van der Waals surface area contributed by atoms with E-state index in [9.17, 15) is 15.0 Å². The molecule has 2 aromatic rings. The number of phenols is 2. The van der Waals surface area contributed by atoms with E-state index in [1.165, 1.54) is 34.4 Å². The number of anilines is 1. The molecule has 2 N–H and O–H groups in total. The molecule has 0 spiro atoms. The van der Waals surface area contributed by atoms with Gasteiger partial charge in [0.05, 0.1) is 10.6 Å². The van der Waals surface area contributed by atoms with Crippen LogP contribution in [0.15, 0.2) is 47.4 Å². The van der Waals surface area contributed by atoms with Gasteiger partial charge in [0, 0.05) is 0 Å². The average Bonchev–Trinajstić information content (AvgIpc) is 2.85. The zero-order valence-electron chi connectivity index (χ0n) is 12.9.